The molecule has 1 amide bonds. The van der Waals surface area contributed by atoms with Crippen molar-refractivity contribution in [3.8, 4) is 0 Å². The zero-order valence-corrected chi connectivity index (χ0v) is 11.8. The van der Waals surface area contributed by atoms with Crippen LogP contribution in [0.4, 0.5) is 10.1 Å². The summed E-state index contributed by atoms with van der Waals surface area (Å²) in [7, 11) is 0. The van der Waals surface area contributed by atoms with Crippen molar-refractivity contribution in [2.75, 3.05) is 5.32 Å². The Kier molecular flexibility index (Phi) is 3.62. The SMILES string of the molecule is O=C(Cn1ccc2cc(F)ccc21)Nc1ccccc1Cl. The Morgan fingerprint density at radius 2 is 2.00 bits per heavy atom. The van der Waals surface area contributed by atoms with Crippen LogP contribution in [-0.4, -0.2) is 10.5 Å². The van der Waals surface area contributed by atoms with Gasteiger partial charge in [-0.1, -0.05) is 23.7 Å². The summed E-state index contributed by atoms with van der Waals surface area (Å²) in [5, 5.41) is 4.01. The van der Waals surface area contributed by atoms with Gasteiger partial charge < -0.3 is 9.88 Å². The van der Waals surface area contributed by atoms with Crippen LogP contribution >= 0.6 is 11.6 Å². The second-order valence-corrected chi connectivity index (χ2v) is 5.08. The number of halogens is 2. The van der Waals surface area contributed by atoms with Crippen molar-refractivity contribution >= 4 is 34.1 Å². The van der Waals surface area contributed by atoms with E-state index in [4.69, 9.17) is 11.6 Å². The first-order chi connectivity index (χ1) is 10.1. The number of fused-ring (bicyclic) bond motifs is 1. The Balaban J connectivity index is 1.79. The van der Waals surface area contributed by atoms with Gasteiger partial charge >= 0.3 is 0 Å². The van der Waals surface area contributed by atoms with Crippen LogP contribution in [0.5, 0.6) is 0 Å². The van der Waals surface area contributed by atoms with Crippen LogP contribution < -0.4 is 5.32 Å². The second kappa shape index (κ2) is 5.58. The van der Waals surface area contributed by atoms with Gasteiger partial charge in [0.15, 0.2) is 0 Å². The monoisotopic (exact) mass is 302 g/mol. The average Bonchev–Trinajstić information content (AvgIpc) is 2.83. The van der Waals surface area contributed by atoms with Crippen LogP contribution in [0, 0.1) is 5.82 Å². The number of nitrogens with one attached hydrogen (secondary N) is 1. The Hall–Kier alpha value is -2.33. The van der Waals surface area contributed by atoms with Crippen molar-refractivity contribution in [1.82, 2.24) is 4.57 Å². The maximum atomic E-state index is 13.1. The minimum Gasteiger partial charge on any atom is -0.338 e. The highest BCUT2D eigenvalue weighted by atomic mass is 35.5. The maximum Gasteiger partial charge on any atom is 0.244 e. The van der Waals surface area contributed by atoms with E-state index in [-0.39, 0.29) is 18.3 Å². The van der Waals surface area contributed by atoms with Crippen molar-refractivity contribution in [1.29, 1.82) is 0 Å². The largest absolute Gasteiger partial charge is 0.338 e. The normalized spacial score (nSPS) is 10.8. The Morgan fingerprint density at radius 3 is 2.81 bits per heavy atom. The summed E-state index contributed by atoms with van der Waals surface area (Å²) in [6.45, 7) is 0.139. The molecule has 106 valence electrons. The number of rotatable bonds is 3. The van der Waals surface area contributed by atoms with E-state index in [1.54, 1.807) is 47.2 Å². The maximum absolute atomic E-state index is 13.1. The highest BCUT2D eigenvalue weighted by Gasteiger charge is 2.08. The number of carbonyl (C=O) groups is 1. The van der Waals surface area contributed by atoms with Crippen molar-refractivity contribution < 1.29 is 9.18 Å². The molecule has 2 aromatic carbocycles. The molecule has 0 saturated heterocycles. The van der Waals surface area contributed by atoms with Gasteiger partial charge in [-0.2, -0.15) is 0 Å². The molecule has 0 aliphatic carbocycles. The van der Waals surface area contributed by atoms with Crippen molar-refractivity contribution in [2.24, 2.45) is 0 Å². The number of aromatic nitrogens is 1. The van der Waals surface area contributed by atoms with E-state index in [9.17, 15) is 9.18 Å². The zero-order chi connectivity index (χ0) is 14.8. The molecule has 1 aromatic heterocycles. The number of hydrogen-bond acceptors (Lipinski definition) is 1. The lowest BCUT2D eigenvalue weighted by Crippen LogP contribution is -2.18. The first kappa shape index (κ1) is 13.6. The fourth-order valence-corrected chi connectivity index (χ4v) is 2.40. The molecule has 0 bridgehead atoms. The summed E-state index contributed by atoms with van der Waals surface area (Å²) in [5.41, 5.74) is 1.39. The predicted molar refractivity (Wildman–Crippen MR) is 82.0 cm³/mol. The highest BCUT2D eigenvalue weighted by Crippen LogP contribution is 2.21. The topological polar surface area (TPSA) is 34.0 Å². The molecular weight excluding hydrogens is 291 g/mol. The zero-order valence-electron chi connectivity index (χ0n) is 11.0. The molecule has 3 aromatic rings. The summed E-state index contributed by atoms with van der Waals surface area (Å²) in [6, 6.07) is 13.3. The van der Waals surface area contributed by atoms with E-state index >= 15 is 0 Å². The molecular formula is C16H12ClFN2O. The quantitative estimate of drug-likeness (QED) is 0.777. The first-order valence-corrected chi connectivity index (χ1v) is 6.80. The number of hydrogen-bond donors (Lipinski definition) is 1. The van der Waals surface area contributed by atoms with Gasteiger partial charge in [-0.3, -0.25) is 4.79 Å². The summed E-state index contributed by atoms with van der Waals surface area (Å²) >= 11 is 6.00. The molecule has 0 radical (unpaired) electrons. The standard InChI is InChI=1S/C16H12ClFN2O/c17-13-3-1-2-4-14(13)19-16(21)10-20-8-7-11-9-12(18)5-6-15(11)20/h1-9H,10H2,(H,19,21). The molecule has 0 saturated carbocycles. The van der Waals surface area contributed by atoms with E-state index < -0.39 is 0 Å². The van der Waals surface area contributed by atoms with Crippen LogP contribution in [0.3, 0.4) is 0 Å². The first-order valence-electron chi connectivity index (χ1n) is 6.42. The molecule has 0 aliphatic heterocycles. The third-order valence-electron chi connectivity index (χ3n) is 3.19. The van der Waals surface area contributed by atoms with Crippen LogP contribution in [0.15, 0.2) is 54.7 Å². The summed E-state index contributed by atoms with van der Waals surface area (Å²) < 4.78 is 14.9. The lowest BCUT2D eigenvalue weighted by molar-refractivity contribution is -0.116. The number of para-hydroxylation sites is 1. The minimum absolute atomic E-state index is 0.139. The Bertz CT molecular complexity index is 813. The Labute approximate surface area is 125 Å². The predicted octanol–water partition coefficient (Wildman–Crippen LogP) is 4.07. The van der Waals surface area contributed by atoms with Crippen molar-refractivity contribution in [3.63, 3.8) is 0 Å². The van der Waals surface area contributed by atoms with Crippen LogP contribution in [0.2, 0.25) is 5.02 Å². The molecule has 5 heteroatoms. The minimum atomic E-state index is -0.291. The molecule has 1 heterocycles. The molecule has 0 unspecified atom stereocenters. The van der Waals surface area contributed by atoms with Crippen LogP contribution in [0.25, 0.3) is 10.9 Å². The van der Waals surface area contributed by atoms with Crippen molar-refractivity contribution in [3.05, 3.63) is 65.6 Å². The van der Waals surface area contributed by atoms with Gasteiger partial charge in [0.2, 0.25) is 5.91 Å². The van der Waals surface area contributed by atoms with Gasteiger partial charge in [0, 0.05) is 17.1 Å². The van der Waals surface area contributed by atoms with Crippen LogP contribution in [-0.2, 0) is 11.3 Å². The van der Waals surface area contributed by atoms with Gasteiger partial charge in [-0.25, -0.2) is 4.39 Å². The van der Waals surface area contributed by atoms with Gasteiger partial charge in [0.25, 0.3) is 0 Å². The molecule has 0 fully saturated rings. The fraction of sp³-hybridized carbons (Fsp3) is 0.0625. The second-order valence-electron chi connectivity index (χ2n) is 4.67. The van der Waals surface area contributed by atoms with E-state index in [0.717, 1.165) is 10.9 Å². The number of carbonyl (C=O) groups excluding carboxylic acids is 1. The number of benzene rings is 2. The van der Waals surface area contributed by atoms with Crippen LogP contribution in [0.1, 0.15) is 0 Å². The number of anilines is 1. The third-order valence-corrected chi connectivity index (χ3v) is 3.52. The molecule has 21 heavy (non-hydrogen) atoms. The van der Waals surface area contributed by atoms with E-state index in [2.05, 4.69) is 5.32 Å². The lowest BCUT2D eigenvalue weighted by atomic mass is 10.2. The smallest absolute Gasteiger partial charge is 0.244 e. The van der Waals surface area contributed by atoms with Gasteiger partial charge in [-0.15, -0.1) is 0 Å². The van der Waals surface area contributed by atoms with E-state index in [0.29, 0.717) is 10.7 Å². The third kappa shape index (κ3) is 2.90. The highest BCUT2D eigenvalue weighted by molar-refractivity contribution is 6.33. The lowest BCUT2D eigenvalue weighted by Gasteiger charge is -2.08. The van der Waals surface area contributed by atoms with E-state index in [1.165, 1.54) is 12.1 Å². The molecule has 3 nitrogen and oxygen atoms in total. The number of amides is 1. The molecule has 0 spiro atoms. The number of nitrogens with zero attached hydrogens (tertiary/aromatic N) is 1. The van der Waals surface area contributed by atoms with Gasteiger partial charge in [0.1, 0.15) is 12.4 Å². The summed E-state index contributed by atoms with van der Waals surface area (Å²) in [5.74, 6) is -0.481. The fourth-order valence-electron chi connectivity index (χ4n) is 2.22. The molecule has 3 rings (SSSR count). The van der Waals surface area contributed by atoms with Crippen molar-refractivity contribution in [2.45, 2.75) is 6.54 Å². The van der Waals surface area contributed by atoms with E-state index in [1.807, 2.05) is 0 Å². The van der Waals surface area contributed by atoms with Gasteiger partial charge in [-0.05, 0) is 36.4 Å². The van der Waals surface area contributed by atoms with Gasteiger partial charge in [0.05, 0.1) is 10.7 Å². The molecule has 0 aliphatic rings. The average molecular weight is 303 g/mol. The molecule has 0 atom stereocenters. The summed E-state index contributed by atoms with van der Waals surface area (Å²) in [4.78, 5) is 12.1. The Morgan fingerprint density at radius 1 is 1.19 bits per heavy atom. The summed E-state index contributed by atoms with van der Waals surface area (Å²) in [6.07, 6.45) is 1.76. The molecule has 1 N–H and O–H groups in total.